The van der Waals surface area contributed by atoms with Crippen molar-refractivity contribution in [2.45, 2.75) is 26.7 Å². The second-order valence-electron chi connectivity index (χ2n) is 4.86. The highest BCUT2D eigenvalue weighted by Gasteiger charge is 2.23. The molecule has 0 spiro atoms. The molecule has 2 rings (SSSR count). The molecule has 1 aliphatic rings. The molecule has 96 valence electrons. The van der Waals surface area contributed by atoms with E-state index in [2.05, 4.69) is 21.2 Å². The average Bonchev–Trinajstić information content (AvgIpc) is 2.41. The van der Waals surface area contributed by atoms with Crippen LogP contribution in [0.1, 0.15) is 29.7 Å². The van der Waals surface area contributed by atoms with Crippen LogP contribution in [-0.2, 0) is 0 Å². The van der Waals surface area contributed by atoms with E-state index in [1.807, 2.05) is 13.8 Å². The van der Waals surface area contributed by atoms with Gasteiger partial charge in [0.1, 0.15) is 11.6 Å². The smallest absolute Gasteiger partial charge is 0.169 e. The van der Waals surface area contributed by atoms with Crippen LogP contribution in [0.15, 0.2) is 0 Å². The van der Waals surface area contributed by atoms with Crippen molar-refractivity contribution in [3.8, 4) is 6.07 Å². The first-order valence-electron chi connectivity index (χ1n) is 6.27. The van der Waals surface area contributed by atoms with Gasteiger partial charge in [-0.1, -0.05) is 0 Å². The maximum Gasteiger partial charge on any atom is 0.169 e. The van der Waals surface area contributed by atoms with E-state index in [0.717, 1.165) is 37.2 Å². The molecule has 5 heteroatoms. The topological polar surface area (TPSA) is 73.0 Å². The predicted octanol–water partition coefficient (Wildman–Crippen LogP) is 1.17. The van der Waals surface area contributed by atoms with E-state index < -0.39 is 0 Å². The van der Waals surface area contributed by atoms with Crippen LogP contribution < -0.4 is 4.90 Å². The third kappa shape index (κ3) is 2.29. The van der Waals surface area contributed by atoms with Gasteiger partial charge in [0.05, 0.1) is 5.69 Å². The molecule has 0 radical (unpaired) electrons. The van der Waals surface area contributed by atoms with Crippen molar-refractivity contribution in [1.29, 1.82) is 5.26 Å². The molecule has 1 unspecified atom stereocenters. The van der Waals surface area contributed by atoms with Crippen LogP contribution in [0.2, 0.25) is 0 Å². The third-order valence-corrected chi connectivity index (χ3v) is 3.62. The van der Waals surface area contributed by atoms with Gasteiger partial charge in [0.2, 0.25) is 0 Å². The van der Waals surface area contributed by atoms with Gasteiger partial charge in [-0.15, -0.1) is 5.10 Å². The van der Waals surface area contributed by atoms with E-state index in [4.69, 9.17) is 0 Å². The van der Waals surface area contributed by atoms with E-state index in [9.17, 15) is 10.4 Å². The van der Waals surface area contributed by atoms with E-state index in [0.29, 0.717) is 11.4 Å². The molecule has 0 aromatic carbocycles. The minimum Gasteiger partial charge on any atom is -0.396 e. The quantitative estimate of drug-likeness (QED) is 0.848. The Labute approximate surface area is 107 Å². The normalized spacial score (nSPS) is 19.7. The lowest BCUT2D eigenvalue weighted by Crippen LogP contribution is -2.38. The van der Waals surface area contributed by atoms with Crippen molar-refractivity contribution >= 4 is 5.82 Å². The standard InChI is InChI=1S/C13H18N4O/c1-9-10(2)15-16-13(12(9)6-14)17-5-3-4-11(7-17)8-18/h11,18H,3-5,7-8H2,1-2H3. The predicted molar refractivity (Wildman–Crippen MR) is 68.2 cm³/mol. The molecule has 1 aliphatic heterocycles. The summed E-state index contributed by atoms with van der Waals surface area (Å²) in [4.78, 5) is 2.07. The highest BCUT2D eigenvalue weighted by atomic mass is 16.3. The number of rotatable bonds is 2. The molecule has 0 amide bonds. The first kappa shape index (κ1) is 12.8. The van der Waals surface area contributed by atoms with Crippen LogP contribution in [0.25, 0.3) is 0 Å². The number of anilines is 1. The minimum atomic E-state index is 0.191. The summed E-state index contributed by atoms with van der Waals surface area (Å²) >= 11 is 0. The van der Waals surface area contributed by atoms with Crippen molar-refractivity contribution in [3.63, 3.8) is 0 Å². The number of aliphatic hydroxyl groups excluding tert-OH is 1. The molecule has 1 fully saturated rings. The summed E-state index contributed by atoms with van der Waals surface area (Å²) in [6, 6.07) is 2.23. The van der Waals surface area contributed by atoms with Gasteiger partial charge in [0, 0.05) is 19.7 Å². The van der Waals surface area contributed by atoms with Crippen LogP contribution in [0, 0.1) is 31.1 Å². The van der Waals surface area contributed by atoms with Gasteiger partial charge < -0.3 is 10.0 Å². The number of aryl methyl sites for hydroxylation is 1. The number of aliphatic hydroxyl groups is 1. The summed E-state index contributed by atoms with van der Waals surface area (Å²) in [5.41, 5.74) is 2.31. The number of nitriles is 1. The zero-order valence-electron chi connectivity index (χ0n) is 10.8. The molecule has 0 bridgehead atoms. The van der Waals surface area contributed by atoms with E-state index in [-0.39, 0.29) is 12.5 Å². The van der Waals surface area contributed by atoms with E-state index >= 15 is 0 Å². The monoisotopic (exact) mass is 246 g/mol. The number of piperidine rings is 1. The zero-order chi connectivity index (χ0) is 13.1. The number of hydrogen-bond donors (Lipinski definition) is 1. The molecular formula is C13H18N4O. The summed E-state index contributed by atoms with van der Waals surface area (Å²) in [5, 5.41) is 26.8. The van der Waals surface area contributed by atoms with Gasteiger partial charge >= 0.3 is 0 Å². The Hall–Kier alpha value is -1.67. The molecule has 1 aromatic rings. The fourth-order valence-electron chi connectivity index (χ4n) is 2.36. The summed E-state index contributed by atoms with van der Waals surface area (Å²) < 4.78 is 0. The molecule has 1 aromatic heterocycles. The summed E-state index contributed by atoms with van der Waals surface area (Å²) in [6.07, 6.45) is 2.05. The first-order valence-corrected chi connectivity index (χ1v) is 6.27. The maximum absolute atomic E-state index is 9.28. The highest BCUT2D eigenvalue weighted by Crippen LogP contribution is 2.26. The lowest BCUT2D eigenvalue weighted by Gasteiger charge is -2.33. The van der Waals surface area contributed by atoms with E-state index in [1.54, 1.807) is 0 Å². The molecule has 1 saturated heterocycles. The van der Waals surface area contributed by atoms with Crippen molar-refractivity contribution in [3.05, 3.63) is 16.8 Å². The molecule has 1 atom stereocenters. The molecular weight excluding hydrogens is 228 g/mol. The lowest BCUT2D eigenvalue weighted by atomic mass is 9.98. The van der Waals surface area contributed by atoms with Crippen LogP contribution >= 0.6 is 0 Å². The number of nitrogens with zero attached hydrogens (tertiary/aromatic N) is 4. The SMILES string of the molecule is Cc1nnc(N2CCCC(CO)C2)c(C#N)c1C. The Bertz CT molecular complexity index is 481. The summed E-state index contributed by atoms with van der Waals surface area (Å²) in [5.74, 6) is 0.937. The molecule has 0 aliphatic carbocycles. The van der Waals surface area contributed by atoms with Crippen molar-refractivity contribution < 1.29 is 5.11 Å². The summed E-state index contributed by atoms with van der Waals surface area (Å²) in [7, 11) is 0. The molecule has 2 heterocycles. The Balaban J connectivity index is 2.33. The van der Waals surface area contributed by atoms with Crippen LogP contribution in [-0.4, -0.2) is 35.0 Å². The fourth-order valence-corrected chi connectivity index (χ4v) is 2.36. The maximum atomic E-state index is 9.28. The fraction of sp³-hybridized carbons (Fsp3) is 0.615. The Morgan fingerprint density at radius 1 is 1.44 bits per heavy atom. The molecule has 1 N–H and O–H groups in total. The molecule has 5 nitrogen and oxygen atoms in total. The minimum absolute atomic E-state index is 0.191. The van der Waals surface area contributed by atoms with Gasteiger partial charge in [-0.25, -0.2) is 0 Å². The highest BCUT2D eigenvalue weighted by molar-refractivity contribution is 5.57. The van der Waals surface area contributed by atoms with Gasteiger partial charge in [-0.2, -0.15) is 10.4 Å². The Kier molecular flexibility index (Phi) is 3.78. The largest absolute Gasteiger partial charge is 0.396 e. The third-order valence-electron chi connectivity index (χ3n) is 3.62. The zero-order valence-corrected chi connectivity index (χ0v) is 10.8. The summed E-state index contributed by atoms with van der Waals surface area (Å²) in [6.45, 7) is 5.58. The molecule has 0 saturated carbocycles. The van der Waals surface area contributed by atoms with Crippen LogP contribution in [0.5, 0.6) is 0 Å². The van der Waals surface area contributed by atoms with Crippen molar-refractivity contribution in [2.24, 2.45) is 5.92 Å². The van der Waals surface area contributed by atoms with Gasteiger partial charge in [0.15, 0.2) is 5.82 Å². The van der Waals surface area contributed by atoms with Gasteiger partial charge in [-0.05, 0) is 38.2 Å². The van der Waals surface area contributed by atoms with Crippen molar-refractivity contribution in [1.82, 2.24) is 10.2 Å². The van der Waals surface area contributed by atoms with Crippen LogP contribution in [0.4, 0.5) is 5.82 Å². The van der Waals surface area contributed by atoms with E-state index in [1.165, 1.54) is 0 Å². The van der Waals surface area contributed by atoms with Gasteiger partial charge in [0.25, 0.3) is 0 Å². The number of aromatic nitrogens is 2. The molecule has 18 heavy (non-hydrogen) atoms. The van der Waals surface area contributed by atoms with Crippen molar-refractivity contribution in [2.75, 3.05) is 24.6 Å². The van der Waals surface area contributed by atoms with Gasteiger partial charge in [-0.3, -0.25) is 0 Å². The second-order valence-corrected chi connectivity index (χ2v) is 4.86. The lowest BCUT2D eigenvalue weighted by molar-refractivity contribution is 0.208. The average molecular weight is 246 g/mol. The number of hydrogen-bond acceptors (Lipinski definition) is 5. The Morgan fingerprint density at radius 3 is 2.89 bits per heavy atom. The first-order chi connectivity index (χ1) is 8.67. The second kappa shape index (κ2) is 5.32. The van der Waals surface area contributed by atoms with Crippen LogP contribution in [0.3, 0.4) is 0 Å². The Morgan fingerprint density at radius 2 is 2.22 bits per heavy atom.